The Labute approximate surface area is 142 Å². The Balaban J connectivity index is 1.60. The number of hydrogen-bond acceptors (Lipinski definition) is 4. The Kier molecular flexibility index (Phi) is 3.92. The van der Waals surface area contributed by atoms with Gasteiger partial charge in [-0.05, 0) is 44.9 Å². The van der Waals surface area contributed by atoms with Gasteiger partial charge in [0, 0.05) is 30.4 Å². The summed E-state index contributed by atoms with van der Waals surface area (Å²) in [5.41, 5.74) is 1.06. The van der Waals surface area contributed by atoms with E-state index in [-0.39, 0.29) is 0 Å². The van der Waals surface area contributed by atoms with Crippen molar-refractivity contribution in [1.82, 2.24) is 19.7 Å². The SMILES string of the molecule is CC(C)n1cnnc1C1CCCN(c2ccc3ccccc3n2)C1. The van der Waals surface area contributed by atoms with Crippen LogP contribution in [0.25, 0.3) is 10.9 Å². The van der Waals surface area contributed by atoms with E-state index in [2.05, 4.69) is 63.8 Å². The first-order valence-corrected chi connectivity index (χ1v) is 8.72. The van der Waals surface area contributed by atoms with Crippen LogP contribution in [0.4, 0.5) is 5.82 Å². The van der Waals surface area contributed by atoms with Gasteiger partial charge in [0.15, 0.2) is 0 Å². The summed E-state index contributed by atoms with van der Waals surface area (Å²) in [6, 6.07) is 13.0. The van der Waals surface area contributed by atoms with Crippen LogP contribution in [-0.2, 0) is 0 Å². The topological polar surface area (TPSA) is 46.8 Å². The molecule has 3 heterocycles. The maximum absolute atomic E-state index is 4.86. The van der Waals surface area contributed by atoms with Gasteiger partial charge in [-0.1, -0.05) is 18.2 Å². The molecule has 1 unspecified atom stereocenters. The minimum Gasteiger partial charge on any atom is -0.356 e. The van der Waals surface area contributed by atoms with E-state index in [0.29, 0.717) is 12.0 Å². The molecule has 0 radical (unpaired) electrons. The first kappa shape index (κ1) is 15.1. The zero-order valence-corrected chi connectivity index (χ0v) is 14.3. The van der Waals surface area contributed by atoms with Crippen LogP contribution in [0.15, 0.2) is 42.7 Å². The Morgan fingerprint density at radius 3 is 2.88 bits per heavy atom. The predicted molar refractivity (Wildman–Crippen MR) is 96.3 cm³/mol. The molecule has 1 fully saturated rings. The van der Waals surface area contributed by atoms with Gasteiger partial charge in [-0.2, -0.15) is 0 Å². The van der Waals surface area contributed by atoms with Gasteiger partial charge < -0.3 is 9.47 Å². The molecule has 1 saturated heterocycles. The molecule has 1 aliphatic heterocycles. The number of piperidine rings is 1. The van der Waals surface area contributed by atoms with E-state index in [9.17, 15) is 0 Å². The predicted octanol–water partition coefficient (Wildman–Crippen LogP) is 3.79. The van der Waals surface area contributed by atoms with Crippen LogP contribution in [0, 0.1) is 0 Å². The van der Waals surface area contributed by atoms with E-state index < -0.39 is 0 Å². The Hall–Kier alpha value is -2.43. The first-order valence-electron chi connectivity index (χ1n) is 8.72. The fourth-order valence-electron chi connectivity index (χ4n) is 3.57. The Bertz CT molecular complexity index is 838. The highest BCUT2D eigenvalue weighted by molar-refractivity contribution is 5.80. The van der Waals surface area contributed by atoms with E-state index in [1.54, 1.807) is 0 Å². The Morgan fingerprint density at radius 2 is 2.00 bits per heavy atom. The summed E-state index contributed by atoms with van der Waals surface area (Å²) in [7, 11) is 0. The van der Waals surface area contributed by atoms with Gasteiger partial charge >= 0.3 is 0 Å². The zero-order valence-electron chi connectivity index (χ0n) is 14.3. The summed E-state index contributed by atoms with van der Waals surface area (Å²) in [6.07, 6.45) is 4.17. The number of pyridine rings is 1. The van der Waals surface area contributed by atoms with Gasteiger partial charge in [-0.15, -0.1) is 10.2 Å². The first-order chi connectivity index (χ1) is 11.7. The molecule has 24 heavy (non-hydrogen) atoms. The van der Waals surface area contributed by atoms with Crippen molar-refractivity contribution in [2.24, 2.45) is 0 Å². The number of benzene rings is 1. The third-order valence-corrected chi connectivity index (χ3v) is 4.85. The second kappa shape index (κ2) is 6.23. The van der Waals surface area contributed by atoms with Crippen LogP contribution in [0.2, 0.25) is 0 Å². The molecule has 1 aromatic carbocycles. The lowest BCUT2D eigenvalue weighted by atomic mass is 9.97. The summed E-state index contributed by atoms with van der Waals surface area (Å²) in [4.78, 5) is 7.24. The lowest BCUT2D eigenvalue weighted by molar-refractivity contribution is 0.453. The molecule has 1 aliphatic rings. The smallest absolute Gasteiger partial charge is 0.137 e. The molecule has 4 rings (SSSR count). The Morgan fingerprint density at radius 1 is 1.12 bits per heavy atom. The van der Waals surface area contributed by atoms with Gasteiger partial charge in [-0.3, -0.25) is 0 Å². The molecule has 124 valence electrons. The van der Waals surface area contributed by atoms with Crippen LogP contribution in [0.1, 0.15) is 44.5 Å². The molecule has 0 N–H and O–H groups in total. The monoisotopic (exact) mass is 321 g/mol. The van der Waals surface area contributed by atoms with Crippen molar-refractivity contribution in [1.29, 1.82) is 0 Å². The summed E-state index contributed by atoms with van der Waals surface area (Å²) < 4.78 is 2.20. The molecule has 0 aliphatic carbocycles. The second-order valence-electron chi connectivity index (χ2n) is 6.84. The largest absolute Gasteiger partial charge is 0.356 e. The molecule has 1 atom stereocenters. The minimum atomic E-state index is 0.393. The van der Waals surface area contributed by atoms with Crippen molar-refractivity contribution in [3.63, 3.8) is 0 Å². The molecule has 5 nitrogen and oxygen atoms in total. The van der Waals surface area contributed by atoms with E-state index in [1.807, 2.05) is 12.4 Å². The van der Waals surface area contributed by atoms with Crippen LogP contribution < -0.4 is 4.90 Å². The van der Waals surface area contributed by atoms with E-state index in [1.165, 1.54) is 5.39 Å². The molecule has 0 spiro atoms. The third kappa shape index (κ3) is 2.75. The summed E-state index contributed by atoms with van der Waals surface area (Å²) in [5, 5.41) is 9.73. The van der Waals surface area contributed by atoms with Gasteiger partial charge in [0.1, 0.15) is 18.0 Å². The van der Waals surface area contributed by atoms with Gasteiger partial charge in [0.05, 0.1) is 5.52 Å². The maximum Gasteiger partial charge on any atom is 0.137 e. The average Bonchev–Trinajstić information content (AvgIpc) is 3.11. The van der Waals surface area contributed by atoms with Crippen LogP contribution in [0.5, 0.6) is 0 Å². The number of para-hydroxylation sites is 1. The molecule has 0 amide bonds. The maximum atomic E-state index is 4.86. The van der Waals surface area contributed by atoms with Crippen LogP contribution >= 0.6 is 0 Å². The second-order valence-corrected chi connectivity index (χ2v) is 6.84. The van der Waals surface area contributed by atoms with E-state index in [0.717, 1.165) is 43.1 Å². The van der Waals surface area contributed by atoms with Crippen LogP contribution in [0.3, 0.4) is 0 Å². The number of nitrogens with zero attached hydrogens (tertiary/aromatic N) is 5. The molecule has 2 aromatic heterocycles. The number of hydrogen-bond donors (Lipinski definition) is 0. The standard InChI is InChI=1S/C19H23N5/c1-14(2)24-13-20-22-19(24)16-7-5-11-23(12-16)18-10-9-15-6-3-4-8-17(15)21-18/h3-4,6,8-10,13-14,16H,5,7,11-12H2,1-2H3. The number of aromatic nitrogens is 4. The highest BCUT2D eigenvalue weighted by Crippen LogP contribution is 2.30. The highest BCUT2D eigenvalue weighted by Gasteiger charge is 2.26. The molecule has 5 heteroatoms. The van der Waals surface area contributed by atoms with Gasteiger partial charge in [0.2, 0.25) is 0 Å². The summed E-state index contributed by atoms with van der Waals surface area (Å²) >= 11 is 0. The fraction of sp³-hybridized carbons (Fsp3) is 0.421. The van der Waals surface area contributed by atoms with Crippen molar-refractivity contribution < 1.29 is 0 Å². The van der Waals surface area contributed by atoms with Crippen molar-refractivity contribution in [2.75, 3.05) is 18.0 Å². The van der Waals surface area contributed by atoms with Gasteiger partial charge in [-0.25, -0.2) is 4.98 Å². The minimum absolute atomic E-state index is 0.393. The van der Waals surface area contributed by atoms with Crippen molar-refractivity contribution in [3.05, 3.63) is 48.5 Å². The molecular weight excluding hydrogens is 298 g/mol. The quantitative estimate of drug-likeness (QED) is 0.736. The fourth-order valence-corrected chi connectivity index (χ4v) is 3.57. The molecule has 3 aromatic rings. The normalized spacial score (nSPS) is 18.5. The van der Waals surface area contributed by atoms with Crippen molar-refractivity contribution >= 4 is 16.7 Å². The van der Waals surface area contributed by atoms with E-state index in [4.69, 9.17) is 4.98 Å². The molecule has 0 saturated carbocycles. The average molecular weight is 321 g/mol. The number of fused-ring (bicyclic) bond motifs is 1. The van der Waals surface area contributed by atoms with Crippen molar-refractivity contribution in [2.45, 2.75) is 38.6 Å². The summed E-state index contributed by atoms with van der Waals surface area (Å²) in [6.45, 7) is 6.37. The summed E-state index contributed by atoms with van der Waals surface area (Å²) in [5.74, 6) is 2.58. The molecule has 0 bridgehead atoms. The lowest BCUT2D eigenvalue weighted by Gasteiger charge is -2.33. The lowest BCUT2D eigenvalue weighted by Crippen LogP contribution is -2.36. The van der Waals surface area contributed by atoms with Crippen LogP contribution in [-0.4, -0.2) is 32.8 Å². The molecular formula is C19H23N5. The zero-order chi connectivity index (χ0) is 16.5. The third-order valence-electron chi connectivity index (χ3n) is 4.85. The van der Waals surface area contributed by atoms with Gasteiger partial charge in [0.25, 0.3) is 0 Å². The highest BCUT2D eigenvalue weighted by atomic mass is 15.3. The number of anilines is 1. The van der Waals surface area contributed by atoms with E-state index >= 15 is 0 Å². The van der Waals surface area contributed by atoms with Crippen molar-refractivity contribution in [3.8, 4) is 0 Å². The number of rotatable bonds is 3.